The Hall–Kier alpha value is -0.660. The van der Waals surface area contributed by atoms with Crippen molar-refractivity contribution in [3.05, 3.63) is 0 Å². The van der Waals surface area contributed by atoms with Gasteiger partial charge in [0.15, 0.2) is 0 Å². The van der Waals surface area contributed by atoms with Crippen LogP contribution in [-0.4, -0.2) is 11.6 Å². The van der Waals surface area contributed by atoms with Crippen molar-refractivity contribution in [2.45, 2.75) is 33.6 Å². The average molecular weight is 142 g/mol. The van der Waals surface area contributed by atoms with Gasteiger partial charge in [0.1, 0.15) is 11.6 Å². The fraction of sp³-hybridized carbons (Fsp3) is 0.750. The van der Waals surface area contributed by atoms with Gasteiger partial charge in [0.05, 0.1) is 6.42 Å². The van der Waals surface area contributed by atoms with Crippen LogP contribution in [0, 0.1) is 5.92 Å². The van der Waals surface area contributed by atoms with Gasteiger partial charge in [0.25, 0.3) is 0 Å². The first-order chi connectivity index (χ1) is 4.57. The largest absolute Gasteiger partial charge is 0.300 e. The third-order valence-electron chi connectivity index (χ3n) is 1.59. The molecule has 0 rings (SSSR count). The monoisotopic (exact) mass is 142 g/mol. The van der Waals surface area contributed by atoms with Gasteiger partial charge < -0.3 is 0 Å². The number of rotatable bonds is 4. The van der Waals surface area contributed by atoms with E-state index in [4.69, 9.17) is 0 Å². The van der Waals surface area contributed by atoms with Crippen molar-refractivity contribution in [3.63, 3.8) is 0 Å². The summed E-state index contributed by atoms with van der Waals surface area (Å²) in [6, 6.07) is 0. The molecule has 0 aromatic carbocycles. The summed E-state index contributed by atoms with van der Waals surface area (Å²) in [6.45, 7) is 5.24. The minimum Gasteiger partial charge on any atom is -0.300 e. The second-order valence-electron chi connectivity index (χ2n) is 2.65. The molecule has 0 radical (unpaired) electrons. The molecule has 58 valence electrons. The maximum Gasteiger partial charge on any atom is 0.143 e. The molecule has 0 saturated carbocycles. The number of Topliss-reactive ketones (excluding diaryl/α,β-unsaturated/α-hetero) is 2. The second-order valence-corrected chi connectivity index (χ2v) is 2.65. The molecular weight excluding hydrogens is 128 g/mol. The number of hydrogen-bond donors (Lipinski definition) is 0. The Bertz CT molecular complexity index is 138. The first-order valence-electron chi connectivity index (χ1n) is 3.60. The van der Waals surface area contributed by atoms with Crippen molar-refractivity contribution in [1.29, 1.82) is 0 Å². The molecular formula is C8H14O2. The lowest BCUT2D eigenvalue weighted by atomic mass is 10.00. The van der Waals surface area contributed by atoms with Crippen molar-refractivity contribution in [1.82, 2.24) is 0 Å². The van der Waals surface area contributed by atoms with Crippen molar-refractivity contribution in [3.8, 4) is 0 Å². The Morgan fingerprint density at radius 2 is 1.90 bits per heavy atom. The van der Waals surface area contributed by atoms with Gasteiger partial charge in [-0.15, -0.1) is 0 Å². The molecule has 0 aliphatic rings. The molecule has 0 bridgehead atoms. The molecule has 10 heavy (non-hydrogen) atoms. The fourth-order valence-electron chi connectivity index (χ4n) is 0.647. The van der Waals surface area contributed by atoms with E-state index in [0.717, 1.165) is 6.42 Å². The van der Waals surface area contributed by atoms with Crippen LogP contribution in [0.1, 0.15) is 33.6 Å². The molecule has 0 fully saturated rings. The van der Waals surface area contributed by atoms with Crippen molar-refractivity contribution < 1.29 is 9.59 Å². The summed E-state index contributed by atoms with van der Waals surface area (Å²) < 4.78 is 0. The van der Waals surface area contributed by atoms with Gasteiger partial charge in [-0.25, -0.2) is 0 Å². The van der Waals surface area contributed by atoms with Crippen LogP contribution in [-0.2, 0) is 9.59 Å². The van der Waals surface area contributed by atoms with Crippen LogP contribution >= 0.6 is 0 Å². The average Bonchev–Trinajstić information content (AvgIpc) is 1.85. The van der Waals surface area contributed by atoms with Crippen LogP contribution in [0.5, 0.6) is 0 Å². The van der Waals surface area contributed by atoms with Crippen LogP contribution in [0.4, 0.5) is 0 Å². The smallest absolute Gasteiger partial charge is 0.143 e. The zero-order valence-corrected chi connectivity index (χ0v) is 6.81. The summed E-state index contributed by atoms with van der Waals surface area (Å²) in [5.41, 5.74) is 0. The predicted octanol–water partition coefficient (Wildman–Crippen LogP) is 1.58. The molecule has 0 spiro atoms. The Kier molecular flexibility index (Phi) is 3.93. The van der Waals surface area contributed by atoms with Crippen molar-refractivity contribution in [2.24, 2.45) is 5.92 Å². The van der Waals surface area contributed by atoms with E-state index in [2.05, 4.69) is 0 Å². The lowest BCUT2D eigenvalue weighted by Gasteiger charge is -2.03. The van der Waals surface area contributed by atoms with E-state index >= 15 is 0 Å². The first-order valence-corrected chi connectivity index (χ1v) is 3.60. The van der Waals surface area contributed by atoms with Gasteiger partial charge >= 0.3 is 0 Å². The van der Waals surface area contributed by atoms with Gasteiger partial charge in [-0.1, -0.05) is 13.8 Å². The Morgan fingerprint density at radius 3 is 2.20 bits per heavy atom. The summed E-state index contributed by atoms with van der Waals surface area (Å²) >= 11 is 0. The van der Waals surface area contributed by atoms with Gasteiger partial charge in [-0.2, -0.15) is 0 Å². The number of carbonyl (C=O) groups excluding carboxylic acids is 2. The molecule has 0 aromatic rings. The van der Waals surface area contributed by atoms with Crippen LogP contribution in [0.3, 0.4) is 0 Å². The number of ketones is 2. The normalized spacial score (nSPS) is 12.7. The highest BCUT2D eigenvalue weighted by atomic mass is 16.1. The fourth-order valence-corrected chi connectivity index (χ4v) is 0.647. The Labute approximate surface area is 61.6 Å². The molecule has 2 heteroatoms. The molecule has 0 aliphatic heterocycles. The van der Waals surface area contributed by atoms with E-state index in [0.29, 0.717) is 0 Å². The topological polar surface area (TPSA) is 34.1 Å². The number of carbonyl (C=O) groups is 2. The van der Waals surface area contributed by atoms with Crippen LogP contribution in [0.15, 0.2) is 0 Å². The van der Waals surface area contributed by atoms with Crippen LogP contribution in [0.2, 0.25) is 0 Å². The maximum atomic E-state index is 11.0. The van der Waals surface area contributed by atoms with Crippen LogP contribution < -0.4 is 0 Å². The number of hydrogen-bond acceptors (Lipinski definition) is 2. The molecule has 0 aromatic heterocycles. The molecule has 0 unspecified atom stereocenters. The summed E-state index contributed by atoms with van der Waals surface area (Å²) in [6.07, 6.45) is 0.932. The summed E-state index contributed by atoms with van der Waals surface area (Å²) in [4.78, 5) is 21.4. The van der Waals surface area contributed by atoms with E-state index in [1.165, 1.54) is 6.92 Å². The Morgan fingerprint density at radius 1 is 1.40 bits per heavy atom. The second kappa shape index (κ2) is 4.20. The van der Waals surface area contributed by atoms with Gasteiger partial charge in [-0.3, -0.25) is 9.59 Å². The Balaban J connectivity index is 3.73. The highest BCUT2D eigenvalue weighted by Crippen LogP contribution is 2.04. The quantitative estimate of drug-likeness (QED) is 0.558. The van der Waals surface area contributed by atoms with E-state index in [-0.39, 0.29) is 23.9 Å². The predicted molar refractivity (Wildman–Crippen MR) is 39.8 cm³/mol. The van der Waals surface area contributed by atoms with Crippen molar-refractivity contribution in [2.75, 3.05) is 0 Å². The zero-order chi connectivity index (χ0) is 8.15. The van der Waals surface area contributed by atoms with E-state index < -0.39 is 0 Å². The van der Waals surface area contributed by atoms with Crippen LogP contribution in [0.25, 0.3) is 0 Å². The minimum absolute atomic E-state index is 0.0368. The molecule has 0 N–H and O–H groups in total. The minimum atomic E-state index is -0.0368. The first kappa shape index (κ1) is 9.34. The lowest BCUT2D eigenvalue weighted by molar-refractivity contribution is -0.128. The molecule has 2 nitrogen and oxygen atoms in total. The third-order valence-corrected chi connectivity index (χ3v) is 1.59. The molecule has 0 heterocycles. The summed E-state index contributed by atoms with van der Waals surface area (Å²) in [7, 11) is 0. The molecule has 1 atom stereocenters. The maximum absolute atomic E-state index is 11.0. The van der Waals surface area contributed by atoms with Gasteiger partial charge in [0.2, 0.25) is 0 Å². The lowest BCUT2D eigenvalue weighted by Crippen LogP contribution is -2.12. The highest BCUT2D eigenvalue weighted by Gasteiger charge is 2.11. The highest BCUT2D eigenvalue weighted by molar-refractivity contribution is 5.98. The van der Waals surface area contributed by atoms with Crippen molar-refractivity contribution >= 4 is 11.6 Å². The summed E-state index contributed by atoms with van der Waals surface area (Å²) in [5.74, 6) is 0.0733. The van der Waals surface area contributed by atoms with Gasteiger partial charge in [-0.05, 0) is 13.3 Å². The zero-order valence-electron chi connectivity index (χ0n) is 6.81. The molecule has 0 amide bonds. The molecule has 0 aliphatic carbocycles. The SMILES string of the molecule is CC[C@H](C)C(=O)CC(C)=O. The van der Waals surface area contributed by atoms with Gasteiger partial charge in [0, 0.05) is 5.92 Å². The van der Waals surface area contributed by atoms with E-state index in [9.17, 15) is 9.59 Å². The van der Waals surface area contributed by atoms with E-state index in [1.807, 2.05) is 13.8 Å². The standard InChI is InChI=1S/C8H14O2/c1-4-6(2)8(10)5-7(3)9/h6H,4-5H2,1-3H3/t6-/m0/s1. The van der Waals surface area contributed by atoms with E-state index in [1.54, 1.807) is 0 Å². The molecule has 0 saturated heterocycles. The summed E-state index contributed by atoms with van der Waals surface area (Å²) in [5, 5.41) is 0. The third kappa shape index (κ3) is 3.38.